The van der Waals surface area contributed by atoms with E-state index in [1.807, 2.05) is 29.2 Å². The van der Waals surface area contributed by atoms with Crippen molar-refractivity contribution in [2.75, 3.05) is 39.8 Å². The van der Waals surface area contributed by atoms with Crippen LogP contribution in [0.2, 0.25) is 0 Å². The molecule has 176 valence electrons. The van der Waals surface area contributed by atoms with Crippen molar-refractivity contribution in [3.63, 3.8) is 0 Å². The molecule has 2 atom stereocenters. The lowest BCUT2D eigenvalue weighted by atomic mass is 10.0. The van der Waals surface area contributed by atoms with E-state index >= 15 is 0 Å². The molecule has 2 aromatic rings. The summed E-state index contributed by atoms with van der Waals surface area (Å²) in [6.45, 7) is 3.74. The summed E-state index contributed by atoms with van der Waals surface area (Å²) in [5, 5.41) is 3.35. The number of likely N-dealkylation sites (N-methyl/N-ethyl adjacent to an activating group) is 1. The second kappa shape index (κ2) is 10.9. The van der Waals surface area contributed by atoms with Crippen LogP contribution in [-0.2, 0) is 11.0 Å². The lowest BCUT2D eigenvalue weighted by molar-refractivity contribution is -0.137. The van der Waals surface area contributed by atoms with Gasteiger partial charge in [0.25, 0.3) is 0 Å². The fraction of sp³-hybridized carbons (Fsp3) is 0.435. The Labute approximate surface area is 199 Å². The number of carbonyl (C=O) groups excluding carboxylic acids is 1. The number of carbonyl (C=O) groups is 1. The van der Waals surface area contributed by atoms with Gasteiger partial charge in [0.2, 0.25) is 5.91 Å². The molecule has 1 amide bonds. The van der Waals surface area contributed by atoms with Crippen molar-refractivity contribution in [2.45, 2.75) is 24.6 Å². The van der Waals surface area contributed by atoms with Crippen LogP contribution in [0.5, 0.6) is 0 Å². The molecule has 32 heavy (non-hydrogen) atoms. The SMILES string of the molecule is CN1CCN(C(=O)CN[C@H]2CC2c2ccc(-c3cccc(C(F)(F)F)c3)cc2)CC1.Cl.Cl. The van der Waals surface area contributed by atoms with E-state index < -0.39 is 11.7 Å². The van der Waals surface area contributed by atoms with Gasteiger partial charge in [0.05, 0.1) is 12.1 Å². The summed E-state index contributed by atoms with van der Waals surface area (Å²) in [7, 11) is 2.06. The molecule has 9 heteroatoms. The Hall–Kier alpha value is -1.80. The van der Waals surface area contributed by atoms with E-state index in [-0.39, 0.29) is 36.8 Å². The molecule has 0 bridgehead atoms. The van der Waals surface area contributed by atoms with Crippen molar-refractivity contribution >= 4 is 30.7 Å². The molecule has 1 heterocycles. The number of hydrogen-bond donors (Lipinski definition) is 1. The van der Waals surface area contributed by atoms with Gasteiger partial charge in [-0.25, -0.2) is 0 Å². The Bertz CT molecular complexity index is 900. The predicted octanol–water partition coefficient (Wildman–Crippen LogP) is 4.44. The van der Waals surface area contributed by atoms with Crippen molar-refractivity contribution in [2.24, 2.45) is 0 Å². The van der Waals surface area contributed by atoms with E-state index in [0.29, 0.717) is 18.0 Å². The second-order valence-corrected chi connectivity index (χ2v) is 8.21. The smallest absolute Gasteiger partial charge is 0.339 e. The fourth-order valence-electron chi connectivity index (χ4n) is 3.97. The molecule has 0 radical (unpaired) electrons. The van der Waals surface area contributed by atoms with Crippen LogP contribution in [0.1, 0.15) is 23.5 Å². The number of nitrogens with zero attached hydrogens (tertiary/aromatic N) is 2. The van der Waals surface area contributed by atoms with Gasteiger partial charge in [0, 0.05) is 38.1 Å². The first-order chi connectivity index (χ1) is 14.3. The van der Waals surface area contributed by atoms with Crippen LogP contribution in [0.25, 0.3) is 11.1 Å². The quantitative estimate of drug-likeness (QED) is 0.674. The molecular weight excluding hydrogens is 462 g/mol. The minimum atomic E-state index is -4.34. The first kappa shape index (κ1) is 26.5. The van der Waals surface area contributed by atoms with Gasteiger partial charge >= 0.3 is 6.18 Å². The molecule has 1 unspecified atom stereocenters. The van der Waals surface area contributed by atoms with Gasteiger partial charge in [0.1, 0.15) is 0 Å². The van der Waals surface area contributed by atoms with Crippen LogP contribution < -0.4 is 5.32 Å². The van der Waals surface area contributed by atoms with Crippen LogP contribution >= 0.6 is 24.8 Å². The molecule has 4 nitrogen and oxygen atoms in total. The maximum Gasteiger partial charge on any atom is 0.416 e. The molecule has 0 aromatic heterocycles. The highest BCUT2D eigenvalue weighted by atomic mass is 35.5. The monoisotopic (exact) mass is 489 g/mol. The van der Waals surface area contributed by atoms with E-state index in [2.05, 4.69) is 17.3 Å². The normalized spacial score (nSPS) is 20.8. The molecule has 1 aliphatic heterocycles. The molecule has 2 aliphatic rings. The van der Waals surface area contributed by atoms with Crippen molar-refractivity contribution in [1.29, 1.82) is 0 Å². The van der Waals surface area contributed by atoms with Crippen LogP contribution in [-0.4, -0.2) is 61.5 Å². The summed E-state index contributed by atoms with van der Waals surface area (Å²) in [4.78, 5) is 16.5. The van der Waals surface area contributed by atoms with Crippen molar-refractivity contribution in [1.82, 2.24) is 15.1 Å². The molecule has 2 fully saturated rings. The average Bonchev–Trinajstić information content (AvgIpc) is 3.52. The third-order valence-corrected chi connectivity index (χ3v) is 6.02. The highest BCUT2D eigenvalue weighted by Crippen LogP contribution is 2.41. The molecule has 2 aromatic carbocycles. The largest absolute Gasteiger partial charge is 0.416 e. The lowest BCUT2D eigenvalue weighted by Crippen LogP contribution is -2.49. The van der Waals surface area contributed by atoms with E-state index in [9.17, 15) is 18.0 Å². The minimum absolute atomic E-state index is 0. The van der Waals surface area contributed by atoms with Crippen LogP contribution in [0, 0.1) is 0 Å². The third-order valence-electron chi connectivity index (χ3n) is 6.02. The first-order valence-electron chi connectivity index (χ1n) is 10.3. The van der Waals surface area contributed by atoms with Gasteiger partial charge in [-0.1, -0.05) is 36.4 Å². The molecule has 1 saturated heterocycles. The number of benzene rings is 2. The Morgan fingerprint density at radius 3 is 2.28 bits per heavy atom. The highest BCUT2D eigenvalue weighted by molar-refractivity contribution is 5.85. The predicted molar refractivity (Wildman–Crippen MR) is 125 cm³/mol. The number of rotatable bonds is 5. The Kier molecular flexibility index (Phi) is 8.99. The van der Waals surface area contributed by atoms with Gasteiger partial charge in [-0.2, -0.15) is 13.2 Å². The number of amides is 1. The van der Waals surface area contributed by atoms with Crippen LogP contribution in [0.3, 0.4) is 0 Å². The van der Waals surface area contributed by atoms with E-state index in [0.717, 1.165) is 49.8 Å². The zero-order chi connectivity index (χ0) is 21.3. The Morgan fingerprint density at radius 1 is 1.00 bits per heavy atom. The molecule has 1 N–H and O–H groups in total. The maximum atomic E-state index is 12.9. The van der Waals surface area contributed by atoms with Gasteiger partial charge in [-0.15, -0.1) is 24.8 Å². The van der Waals surface area contributed by atoms with Gasteiger partial charge in [-0.05, 0) is 42.3 Å². The summed E-state index contributed by atoms with van der Waals surface area (Å²) < 4.78 is 38.8. The number of hydrogen-bond acceptors (Lipinski definition) is 3. The van der Waals surface area contributed by atoms with Crippen molar-refractivity contribution in [3.8, 4) is 11.1 Å². The number of nitrogens with one attached hydrogen (secondary N) is 1. The average molecular weight is 490 g/mol. The topological polar surface area (TPSA) is 35.6 Å². The molecule has 1 aliphatic carbocycles. The van der Waals surface area contributed by atoms with E-state index in [1.165, 1.54) is 12.1 Å². The Morgan fingerprint density at radius 2 is 1.66 bits per heavy atom. The van der Waals surface area contributed by atoms with Crippen LogP contribution in [0.15, 0.2) is 48.5 Å². The molecule has 1 saturated carbocycles. The molecule has 0 spiro atoms. The number of halogens is 5. The summed E-state index contributed by atoms with van der Waals surface area (Å²) in [6.07, 6.45) is -3.37. The Balaban J connectivity index is 0.00000181. The number of piperazine rings is 1. The van der Waals surface area contributed by atoms with Crippen LogP contribution in [0.4, 0.5) is 13.2 Å². The third kappa shape index (κ3) is 6.38. The van der Waals surface area contributed by atoms with Crippen molar-refractivity contribution in [3.05, 3.63) is 59.7 Å². The minimum Gasteiger partial charge on any atom is -0.339 e. The van der Waals surface area contributed by atoms with Crippen molar-refractivity contribution < 1.29 is 18.0 Å². The van der Waals surface area contributed by atoms with Gasteiger partial charge in [-0.3, -0.25) is 4.79 Å². The first-order valence-corrected chi connectivity index (χ1v) is 10.3. The fourth-order valence-corrected chi connectivity index (χ4v) is 3.97. The molecular formula is C23H28Cl2F3N3O. The summed E-state index contributed by atoms with van der Waals surface area (Å²) >= 11 is 0. The molecule has 4 rings (SSSR count). The standard InChI is InChI=1S/C23H26F3N3O.2ClH/c1-28-9-11-29(12-10-28)22(30)15-27-21-14-20(21)17-7-5-16(6-8-17)18-3-2-4-19(13-18)23(24,25)26;;/h2-8,13,20-21,27H,9-12,14-15H2,1H3;2*1H/t20?,21-;;/m0../s1. The number of alkyl halides is 3. The zero-order valence-corrected chi connectivity index (χ0v) is 19.4. The summed E-state index contributed by atoms with van der Waals surface area (Å²) in [6, 6.07) is 13.4. The zero-order valence-electron chi connectivity index (χ0n) is 17.8. The van der Waals surface area contributed by atoms with E-state index in [1.54, 1.807) is 6.07 Å². The van der Waals surface area contributed by atoms with Gasteiger partial charge in [0.15, 0.2) is 0 Å². The van der Waals surface area contributed by atoms with E-state index in [4.69, 9.17) is 0 Å². The van der Waals surface area contributed by atoms with Gasteiger partial charge < -0.3 is 15.1 Å². The maximum absolute atomic E-state index is 12.9. The lowest BCUT2D eigenvalue weighted by Gasteiger charge is -2.32. The summed E-state index contributed by atoms with van der Waals surface area (Å²) in [5.74, 6) is 0.495. The summed E-state index contributed by atoms with van der Waals surface area (Å²) in [5.41, 5.74) is 1.83. The second-order valence-electron chi connectivity index (χ2n) is 8.21. The highest BCUT2D eigenvalue weighted by Gasteiger charge is 2.38.